The molecule has 0 aromatic rings. The Labute approximate surface area is 53.3 Å². The summed E-state index contributed by atoms with van der Waals surface area (Å²) in [6.07, 6.45) is -0.884. The zero-order chi connectivity index (χ0) is 7.28. The van der Waals surface area contributed by atoms with Crippen LogP contribution in [0.2, 0.25) is 0 Å². The fraction of sp³-hybridized carbons (Fsp3) is 0.800. The largest absolute Gasteiger partial charge is 0.479 e. The molecule has 1 unspecified atom stereocenters. The molecule has 0 aliphatic heterocycles. The van der Waals surface area contributed by atoms with Crippen molar-refractivity contribution in [2.75, 3.05) is 6.61 Å². The SMILES string of the molecule is CCOOC(C)C(=O)O. The van der Waals surface area contributed by atoms with E-state index in [9.17, 15) is 4.79 Å². The topological polar surface area (TPSA) is 55.8 Å². The van der Waals surface area contributed by atoms with E-state index < -0.39 is 12.1 Å². The van der Waals surface area contributed by atoms with Crippen LogP contribution in [0.3, 0.4) is 0 Å². The molecule has 9 heavy (non-hydrogen) atoms. The first-order valence-corrected chi connectivity index (χ1v) is 2.69. The highest BCUT2D eigenvalue weighted by Crippen LogP contribution is 1.89. The number of aliphatic carboxylic acids is 1. The van der Waals surface area contributed by atoms with Crippen LogP contribution < -0.4 is 0 Å². The van der Waals surface area contributed by atoms with Crippen LogP contribution in [0.5, 0.6) is 0 Å². The normalized spacial score (nSPS) is 13.1. The molecule has 54 valence electrons. The summed E-state index contributed by atoms with van der Waals surface area (Å²) in [5, 5.41) is 8.20. The van der Waals surface area contributed by atoms with Crippen LogP contribution in [0, 0.1) is 0 Å². The monoisotopic (exact) mass is 134 g/mol. The van der Waals surface area contributed by atoms with E-state index in [0.29, 0.717) is 6.61 Å². The lowest BCUT2D eigenvalue weighted by atomic mass is 10.4. The van der Waals surface area contributed by atoms with E-state index in [1.165, 1.54) is 6.92 Å². The second-order valence-electron chi connectivity index (χ2n) is 1.48. The highest BCUT2D eigenvalue weighted by atomic mass is 17.2. The number of carboxylic acids is 1. The molecule has 0 aromatic heterocycles. The maximum atomic E-state index is 10.0. The minimum atomic E-state index is -1.02. The second-order valence-corrected chi connectivity index (χ2v) is 1.48. The summed E-state index contributed by atoms with van der Waals surface area (Å²) in [7, 11) is 0. The van der Waals surface area contributed by atoms with Gasteiger partial charge in [0.1, 0.15) is 0 Å². The summed E-state index contributed by atoms with van der Waals surface area (Å²) in [5.74, 6) is -1.02. The van der Waals surface area contributed by atoms with E-state index in [2.05, 4.69) is 9.78 Å². The molecule has 0 spiro atoms. The fourth-order valence-corrected chi connectivity index (χ4v) is 0.211. The lowest BCUT2D eigenvalue weighted by molar-refractivity contribution is -0.313. The molecular formula is C5H10O4. The molecule has 4 nitrogen and oxygen atoms in total. The van der Waals surface area contributed by atoms with Crippen LogP contribution in [-0.4, -0.2) is 23.8 Å². The maximum Gasteiger partial charge on any atom is 0.335 e. The predicted molar refractivity (Wildman–Crippen MR) is 29.8 cm³/mol. The Balaban J connectivity index is 3.27. The van der Waals surface area contributed by atoms with Crippen molar-refractivity contribution in [2.45, 2.75) is 20.0 Å². The first kappa shape index (κ1) is 8.39. The van der Waals surface area contributed by atoms with Crippen LogP contribution in [-0.2, 0) is 14.6 Å². The van der Waals surface area contributed by atoms with Gasteiger partial charge in [0.2, 0.25) is 0 Å². The molecule has 4 heteroatoms. The van der Waals surface area contributed by atoms with Gasteiger partial charge >= 0.3 is 5.97 Å². The van der Waals surface area contributed by atoms with Crippen molar-refractivity contribution >= 4 is 5.97 Å². The van der Waals surface area contributed by atoms with Gasteiger partial charge < -0.3 is 5.11 Å². The Morgan fingerprint density at radius 2 is 2.33 bits per heavy atom. The van der Waals surface area contributed by atoms with Crippen molar-refractivity contribution < 1.29 is 19.7 Å². The minimum Gasteiger partial charge on any atom is -0.479 e. The molecule has 1 N–H and O–H groups in total. The predicted octanol–water partition coefficient (Wildman–Crippen LogP) is 0.428. The third kappa shape index (κ3) is 3.93. The van der Waals surface area contributed by atoms with Crippen molar-refractivity contribution in [1.29, 1.82) is 0 Å². The van der Waals surface area contributed by atoms with Gasteiger partial charge in [0.05, 0.1) is 6.61 Å². The smallest absolute Gasteiger partial charge is 0.335 e. The fourth-order valence-electron chi connectivity index (χ4n) is 0.211. The summed E-state index contributed by atoms with van der Waals surface area (Å²) in [4.78, 5) is 18.7. The summed E-state index contributed by atoms with van der Waals surface area (Å²) in [6.45, 7) is 3.48. The molecule has 0 saturated carbocycles. The van der Waals surface area contributed by atoms with Crippen molar-refractivity contribution in [1.82, 2.24) is 0 Å². The van der Waals surface area contributed by atoms with E-state index in [4.69, 9.17) is 5.11 Å². The third-order valence-corrected chi connectivity index (χ3v) is 0.678. The Bertz CT molecular complexity index is 91.0. The van der Waals surface area contributed by atoms with Crippen LogP contribution >= 0.6 is 0 Å². The highest BCUT2D eigenvalue weighted by Gasteiger charge is 2.10. The van der Waals surface area contributed by atoms with Crippen molar-refractivity contribution in [3.8, 4) is 0 Å². The van der Waals surface area contributed by atoms with E-state index in [1.807, 2.05) is 0 Å². The standard InChI is InChI=1S/C5H10O4/c1-3-8-9-4(2)5(6)7/h4H,3H2,1-2H3,(H,6,7). The van der Waals surface area contributed by atoms with Crippen LogP contribution in [0.4, 0.5) is 0 Å². The van der Waals surface area contributed by atoms with E-state index in [0.717, 1.165) is 0 Å². The number of hydrogen-bond acceptors (Lipinski definition) is 3. The number of carboxylic acid groups (broad SMARTS) is 1. The van der Waals surface area contributed by atoms with E-state index in [-0.39, 0.29) is 0 Å². The number of carbonyl (C=O) groups is 1. The molecule has 0 aliphatic rings. The van der Waals surface area contributed by atoms with Gasteiger partial charge in [0, 0.05) is 0 Å². The molecule has 0 saturated heterocycles. The van der Waals surface area contributed by atoms with Gasteiger partial charge in [0.25, 0.3) is 0 Å². The summed E-state index contributed by atoms with van der Waals surface area (Å²) in [5.41, 5.74) is 0. The van der Waals surface area contributed by atoms with E-state index >= 15 is 0 Å². The molecule has 0 radical (unpaired) electrons. The summed E-state index contributed by atoms with van der Waals surface area (Å²) in [6, 6.07) is 0. The zero-order valence-corrected chi connectivity index (χ0v) is 5.46. The van der Waals surface area contributed by atoms with Crippen LogP contribution in [0.25, 0.3) is 0 Å². The highest BCUT2D eigenvalue weighted by molar-refractivity contribution is 5.71. The average Bonchev–Trinajstić information content (AvgIpc) is 1.82. The molecule has 0 fully saturated rings. The van der Waals surface area contributed by atoms with Crippen LogP contribution in [0.1, 0.15) is 13.8 Å². The lowest BCUT2D eigenvalue weighted by Gasteiger charge is -2.03. The van der Waals surface area contributed by atoms with Gasteiger partial charge in [-0.3, -0.25) is 0 Å². The van der Waals surface area contributed by atoms with Gasteiger partial charge in [-0.05, 0) is 13.8 Å². The molecule has 0 bridgehead atoms. The van der Waals surface area contributed by atoms with Gasteiger partial charge in [0.15, 0.2) is 6.10 Å². The first-order valence-electron chi connectivity index (χ1n) is 2.69. The molecule has 0 heterocycles. The van der Waals surface area contributed by atoms with Crippen molar-refractivity contribution in [2.24, 2.45) is 0 Å². The Morgan fingerprint density at radius 3 is 2.67 bits per heavy atom. The quantitative estimate of drug-likeness (QED) is 0.447. The summed E-state index contributed by atoms with van der Waals surface area (Å²) < 4.78 is 0. The van der Waals surface area contributed by atoms with Crippen molar-refractivity contribution in [3.05, 3.63) is 0 Å². The summed E-state index contributed by atoms with van der Waals surface area (Å²) >= 11 is 0. The Morgan fingerprint density at radius 1 is 1.78 bits per heavy atom. The van der Waals surface area contributed by atoms with Gasteiger partial charge in [-0.2, -0.15) is 0 Å². The molecule has 0 amide bonds. The van der Waals surface area contributed by atoms with Gasteiger partial charge in [-0.15, -0.1) is 0 Å². The number of rotatable bonds is 4. The molecule has 1 atom stereocenters. The third-order valence-electron chi connectivity index (χ3n) is 0.678. The lowest BCUT2D eigenvalue weighted by Crippen LogP contribution is -2.19. The maximum absolute atomic E-state index is 10.0. The Hall–Kier alpha value is -0.610. The molecule has 0 rings (SSSR count). The van der Waals surface area contributed by atoms with Gasteiger partial charge in [-0.1, -0.05) is 0 Å². The molecular weight excluding hydrogens is 124 g/mol. The van der Waals surface area contributed by atoms with Crippen LogP contribution in [0.15, 0.2) is 0 Å². The zero-order valence-electron chi connectivity index (χ0n) is 5.46. The Kier molecular flexibility index (Phi) is 4.00. The first-order chi connectivity index (χ1) is 4.18. The minimum absolute atomic E-state index is 0.359. The van der Waals surface area contributed by atoms with Crippen molar-refractivity contribution in [3.63, 3.8) is 0 Å². The molecule has 0 aromatic carbocycles. The van der Waals surface area contributed by atoms with Gasteiger partial charge in [-0.25, -0.2) is 14.6 Å². The average molecular weight is 134 g/mol. The van der Waals surface area contributed by atoms with E-state index in [1.54, 1.807) is 6.92 Å². The molecule has 0 aliphatic carbocycles. The second kappa shape index (κ2) is 4.29. The number of hydrogen-bond donors (Lipinski definition) is 1.